The van der Waals surface area contributed by atoms with Crippen molar-refractivity contribution in [1.29, 1.82) is 0 Å². The molecule has 0 amide bonds. The highest BCUT2D eigenvalue weighted by Gasteiger charge is 2.20. The van der Waals surface area contributed by atoms with Crippen molar-refractivity contribution >= 4 is 17.3 Å². The highest BCUT2D eigenvalue weighted by molar-refractivity contribution is 7.11. The van der Waals surface area contributed by atoms with Gasteiger partial charge in [0.05, 0.1) is 18.5 Å². The first-order valence-corrected chi connectivity index (χ1v) is 7.17. The van der Waals surface area contributed by atoms with Crippen molar-refractivity contribution in [3.63, 3.8) is 0 Å². The number of esters is 1. The molecule has 0 saturated heterocycles. The number of rotatable bonds is 5. The summed E-state index contributed by atoms with van der Waals surface area (Å²) in [7, 11) is 1.40. The summed E-state index contributed by atoms with van der Waals surface area (Å²) in [5, 5.41) is 10.3. The topological polar surface area (TPSA) is 59.4 Å². The van der Waals surface area contributed by atoms with Crippen molar-refractivity contribution in [3.8, 4) is 5.75 Å². The Labute approximate surface area is 122 Å². The fourth-order valence-corrected chi connectivity index (χ4v) is 2.88. The summed E-state index contributed by atoms with van der Waals surface area (Å²) in [5.74, 6) is 0.00989. The summed E-state index contributed by atoms with van der Waals surface area (Å²) in [6, 6.07) is 7.02. The van der Waals surface area contributed by atoms with Gasteiger partial charge in [0, 0.05) is 17.0 Å². The zero-order chi connectivity index (χ0) is 14.5. The van der Waals surface area contributed by atoms with E-state index in [-0.39, 0.29) is 17.6 Å². The number of thiazole rings is 1. The van der Waals surface area contributed by atoms with Gasteiger partial charge in [-0.2, -0.15) is 0 Å². The van der Waals surface area contributed by atoms with Gasteiger partial charge in [-0.05, 0) is 31.0 Å². The Morgan fingerprint density at radius 1 is 1.40 bits per heavy atom. The predicted octanol–water partition coefficient (Wildman–Crippen LogP) is 3.05. The van der Waals surface area contributed by atoms with Crippen LogP contribution in [0.15, 0.2) is 30.5 Å². The molecule has 1 N–H and O–H groups in total. The highest BCUT2D eigenvalue weighted by atomic mass is 32.1. The fraction of sp³-hybridized carbons (Fsp3) is 0.333. The average molecular weight is 291 g/mol. The van der Waals surface area contributed by atoms with Crippen LogP contribution in [0.1, 0.15) is 27.8 Å². The van der Waals surface area contributed by atoms with E-state index in [2.05, 4.69) is 4.98 Å². The molecule has 0 spiro atoms. The molecule has 2 aromatic rings. The molecule has 1 aromatic heterocycles. The normalized spacial score (nSPS) is 12.1. The minimum absolute atomic E-state index is 0.00527. The Balaban J connectivity index is 2.17. The standard InChI is InChI=1S/C15H17NO3S/c1-10-9-16-15(20-10)12(8-14(18)19-2)7-11-3-5-13(17)6-4-11/h3-6,9,12,17H,7-8H2,1-2H3. The van der Waals surface area contributed by atoms with Crippen LogP contribution in [0, 0.1) is 6.92 Å². The number of phenols is 1. The highest BCUT2D eigenvalue weighted by Crippen LogP contribution is 2.28. The van der Waals surface area contributed by atoms with Gasteiger partial charge in [0.1, 0.15) is 5.75 Å². The monoisotopic (exact) mass is 291 g/mol. The minimum atomic E-state index is -0.235. The molecule has 4 nitrogen and oxygen atoms in total. The van der Waals surface area contributed by atoms with Gasteiger partial charge in [0.2, 0.25) is 0 Å². The lowest BCUT2D eigenvalue weighted by Crippen LogP contribution is -2.11. The van der Waals surface area contributed by atoms with E-state index in [1.54, 1.807) is 23.5 Å². The average Bonchev–Trinajstić information content (AvgIpc) is 2.87. The zero-order valence-corrected chi connectivity index (χ0v) is 12.3. The molecule has 20 heavy (non-hydrogen) atoms. The number of benzene rings is 1. The van der Waals surface area contributed by atoms with Gasteiger partial charge in [0.15, 0.2) is 0 Å². The van der Waals surface area contributed by atoms with E-state index in [9.17, 15) is 9.90 Å². The summed E-state index contributed by atoms with van der Waals surface area (Å²) >= 11 is 1.60. The summed E-state index contributed by atoms with van der Waals surface area (Å²) < 4.78 is 4.76. The van der Waals surface area contributed by atoms with Crippen LogP contribution >= 0.6 is 11.3 Å². The zero-order valence-electron chi connectivity index (χ0n) is 11.5. The number of aromatic nitrogens is 1. The number of phenolic OH excluding ortho intramolecular Hbond substituents is 1. The maximum Gasteiger partial charge on any atom is 0.306 e. The van der Waals surface area contributed by atoms with Crippen LogP contribution in [-0.4, -0.2) is 23.2 Å². The number of methoxy groups -OCH3 is 1. The lowest BCUT2D eigenvalue weighted by molar-refractivity contribution is -0.141. The van der Waals surface area contributed by atoms with Gasteiger partial charge in [0.25, 0.3) is 0 Å². The van der Waals surface area contributed by atoms with Gasteiger partial charge in [-0.25, -0.2) is 4.98 Å². The van der Waals surface area contributed by atoms with Crippen LogP contribution in [0.4, 0.5) is 0 Å². The van der Waals surface area contributed by atoms with Crippen molar-refractivity contribution in [2.75, 3.05) is 7.11 Å². The summed E-state index contributed by atoms with van der Waals surface area (Å²) in [6.45, 7) is 2.00. The molecule has 1 aromatic carbocycles. The van der Waals surface area contributed by atoms with Crippen molar-refractivity contribution < 1.29 is 14.6 Å². The molecule has 0 aliphatic carbocycles. The third kappa shape index (κ3) is 3.81. The molecule has 0 saturated carbocycles. The van der Waals surface area contributed by atoms with E-state index in [1.165, 1.54) is 7.11 Å². The SMILES string of the molecule is COC(=O)CC(Cc1ccc(O)cc1)c1ncc(C)s1. The second kappa shape index (κ2) is 6.52. The Kier molecular flexibility index (Phi) is 4.74. The first-order chi connectivity index (χ1) is 9.58. The number of carbonyl (C=O) groups is 1. The lowest BCUT2D eigenvalue weighted by atomic mass is 9.96. The second-order valence-corrected chi connectivity index (χ2v) is 5.92. The molecule has 1 heterocycles. The number of ether oxygens (including phenoxy) is 1. The van der Waals surface area contributed by atoms with E-state index in [4.69, 9.17) is 4.74 Å². The van der Waals surface area contributed by atoms with E-state index in [0.29, 0.717) is 12.8 Å². The third-order valence-corrected chi connectivity index (χ3v) is 4.12. The number of aryl methyl sites for hydroxylation is 1. The molecule has 0 aliphatic rings. The largest absolute Gasteiger partial charge is 0.508 e. The van der Waals surface area contributed by atoms with Crippen LogP contribution < -0.4 is 0 Å². The molecule has 0 bridgehead atoms. The quantitative estimate of drug-likeness (QED) is 0.860. The summed E-state index contributed by atoms with van der Waals surface area (Å²) in [4.78, 5) is 17.1. The van der Waals surface area contributed by atoms with E-state index in [1.807, 2.05) is 25.3 Å². The number of nitrogens with zero attached hydrogens (tertiary/aromatic N) is 1. The number of carbonyl (C=O) groups excluding carboxylic acids is 1. The molecular weight excluding hydrogens is 274 g/mol. The second-order valence-electron chi connectivity index (χ2n) is 4.66. The smallest absolute Gasteiger partial charge is 0.306 e. The van der Waals surface area contributed by atoms with E-state index in [0.717, 1.165) is 15.4 Å². The molecule has 2 rings (SSSR count). The van der Waals surface area contributed by atoms with Crippen LogP contribution in [0.3, 0.4) is 0 Å². The molecule has 0 radical (unpaired) electrons. The van der Waals surface area contributed by atoms with Gasteiger partial charge in [-0.15, -0.1) is 11.3 Å². The molecule has 5 heteroatoms. The number of hydrogen-bond acceptors (Lipinski definition) is 5. The Hall–Kier alpha value is -1.88. The van der Waals surface area contributed by atoms with E-state index >= 15 is 0 Å². The minimum Gasteiger partial charge on any atom is -0.508 e. The molecule has 1 atom stereocenters. The molecule has 0 fully saturated rings. The fourth-order valence-electron chi connectivity index (χ4n) is 2.01. The summed E-state index contributed by atoms with van der Waals surface area (Å²) in [6.07, 6.45) is 2.83. The Morgan fingerprint density at radius 3 is 2.65 bits per heavy atom. The van der Waals surface area contributed by atoms with Crippen molar-refractivity contribution in [1.82, 2.24) is 4.98 Å². The van der Waals surface area contributed by atoms with Crippen LogP contribution in [0.2, 0.25) is 0 Å². The van der Waals surface area contributed by atoms with Crippen molar-refractivity contribution in [2.45, 2.75) is 25.7 Å². The third-order valence-electron chi connectivity index (χ3n) is 3.05. The predicted molar refractivity (Wildman–Crippen MR) is 78.0 cm³/mol. The number of aromatic hydroxyl groups is 1. The van der Waals surface area contributed by atoms with Gasteiger partial charge < -0.3 is 9.84 Å². The van der Waals surface area contributed by atoms with Crippen molar-refractivity contribution in [2.24, 2.45) is 0 Å². The lowest BCUT2D eigenvalue weighted by Gasteiger charge is -2.13. The van der Waals surface area contributed by atoms with Crippen molar-refractivity contribution in [3.05, 3.63) is 45.9 Å². The molecule has 106 valence electrons. The molecular formula is C15H17NO3S. The Morgan fingerprint density at radius 2 is 2.10 bits per heavy atom. The van der Waals surface area contributed by atoms with Gasteiger partial charge in [-0.3, -0.25) is 4.79 Å². The van der Waals surface area contributed by atoms with Gasteiger partial charge in [-0.1, -0.05) is 12.1 Å². The maximum absolute atomic E-state index is 11.6. The first kappa shape index (κ1) is 14.5. The van der Waals surface area contributed by atoms with E-state index < -0.39 is 0 Å². The van der Waals surface area contributed by atoms with Crippen LogP contribution in [0.5, 0.6) is 5.75 Å². The maximum atomic E-state index is 11.6. The Bertz CT molecular complexity index is 577. The molecule has 0 aliphatic heterocycles. The van der Waals surface area contributed by atoms with Gasteiger partial charge >= 0.3 is 5.97 Å². The molecule has 1 unspecified atom stereocenters. The first-order valence-electron chi connectivity index (χ1n) is 6.35. The summed E-state index contributed by atoms with van der Waals surface area (Å²) in [5.41, 5.74) is 1.06. The van der Waals surface area contributed by atoms with Crippen LogP contribution in [0.25, 0.3) is 0 Å². The number of hydrogen-bond donors (Lipinski definition) is 1. The van der Waals surface area contributed by atoms with Crippen LogP contribution in [-0.2, 0) is 16.0 Å².